The molecule has 0 saturated carbocycles. The summed E-state index contributed by atoms with van der Waals surface area (Å²) in [5, 5.41) is 0. The smallest absolute Gasteiger partial charge is 0.297 e. The van der Waals surface area contributed by atoms with Crippen molar-refractivity contribution in [3.8, 4) is 0 Å². The van der Waals surface area contributed by atoms with Crippen molar-refractivity contribution in [2.24, 2.45) is 0 Å². The summed E-state index contributed by atoms with van der Waals surface area (Å²) in [5.41, 5.74) is 13.6. The molecule has 0 bridgehead atoms. The van der Waals surface area contributed by atoms with Gasteiger partial charge in [-0.05, 0) is 55.7 Å². The number of rotatable bonds is 6. The zero-order chi connectivity index (χ0) is 22.0. The molecule has 0 heterocycles. The van der Waals surface area contributed by atoms with E-state index < -0.39 is 25.7 Å². The van der Waals surface area contributed by atoms with E-state index in [1.807, 2.05) is 32.0 Å². The van der Waals surface area contributed by atoms with Crippen LogP contribution in [0.4, 0.5) is 16.2 Å². The Kier molecular flexibility index (Phi) is 6.43. The van der Waals surface area contributed by atoms with E-state index in [9.17, 15) is 21.6 Å². The zero-order valence-corrected chi connectivity index (χ0v) is 18.4. The molecule has 11 heteroatoms. The lowest BCUT2D eigenvalue weighted by molar-refractivity contribution is 0.244. The fourth-order valence-corrected chi connectivity index (χ4v) is 5.01. The third kappa shape index (κ3) is 5.84. The lowest BCUT2D eigenvalue weighted by atomic mass is 10.1. The molecule has 0 aliphatic heterocycles. The van der Waals surface area contributed by atoms with Crippen LogP contribution in [-0.2, 0) is 19.7 Å². The number of aryl methyl sites for hydroxylation is 3. The maximum absolute atomic E-state index is 12.0. The fourth-order valence-electron chi connectivity index (χ4n) is 2.53. The van der Waals surface area contributed by atoms with Crippen molar-refractivity contribution in [2.45, 2.75) is 30.6 Å². The summed E-state index contributed by atoms with van der Waals surface area (Å²) in [6.07, 6.45) is 1.86. The van der Waals surface area contributed by atoms with Crippen molar-refractivity contribution in [2.75, 3.05) is 23.4 Å². The van der Waals surface area contributed by atoms with E-state index in [2.05, 4.69) is 21.7 Å². The van der Waals surface area contributed by atoms with Gasteiger partial charge < -0.3 is 0 Å². The van der Waals surface area contributed by atoms with Crippen LogP contribution in [0.5, 0.6) is 0 Å². The summed E-state index contributed by atoms with van der Waals surface area (Å²) in [6.45, 7) is 5.41. The number of nitrogens with one attached hydrogen (secondary N) is 4. The molecule has 0 fully saturated rings. The number of hydrazine groups is 2. The van der Waals surface area contributed by atoms with E-state index in [4.69, 9.17) is 0 Å². The van der Waals surface area contributed by atoms with Crippen molar-refractivity contribution >= 4 is 37.1 Å². The Bertz CT molecular complexity index is 1160. The number of amides is 2. The molecule has 4 N–H and O–H groups in total. The first-order valence-corrected chi connectivity index (χ1v) is 12.3. The van der Waals surface area contributed by atoms with Crippen LogP contribution in [0.25, 0.3) is 0 Å². The van der Waals surface area contributed by atoms with Gasteiger partial charge in [-0.25, -0.2) is 21.6 Å². The highest BCUT2D eigenvalue weighted by Crippen LogP contribution is 2.27. The molecule has 0 aliphatic carbocycles. The summed E-state index contributed by atoms with van der Waals surface area (Å²) in [5.74, 6) is 0. The Morgan fingerprint density at radius 3 is 1.72 bits per heavy atom. The minimum absolute atomic E-state index is 0.250. The maximum atomic E-state index is 12.0. The standard InChI is InChI=1S/C18H24N4O5S2/c1-11-6-7-12(2)14(8-11)19-21-18(23)22-20-15-10-17(29(5,26)27)16(9-13(15)3)28(4,24)25/h6-10,19-20H,1-5H3,(H2,21,22,23). The zero-order valence-electron chi connectivity index (χ0n) is 16.7. The Morgan fingerprint density at radius 1 is 0.724 bits per heavy atom. The van der Waals surface area contributed by atoms with Crippen LogP contribution in [0, 0.1) is 20.8 Å². The van der Waals surface area contributed by atoms with Gasteiger partial charge in [0.15, 0.2) is 19.7 Å². The number of sulfone groups is 2. The van der Waals surface area contributed by atoms with Gasteiger partial charge in [-0.2, -0.15) is 0 Å². The number of anilines is 2. The van der Waals surface area contributed by atoms with Crippen molar-refractivity contribution < 1.29 is 21.6 Å². The lowest BCUT2D eigenvalue weighted by Gasteiger charge is -2.16. The molecule has 2 aromatic carbocycles. The molecule has 0 aromatic heterocycles. The molecule has 2 rings (SSSR count). The van der Waals surface area contributed by atoms with E-state index in [1.54, 1.807) is 6.92 Å². The molecule has 29 heavy (non-hydrogen) atoms. The molecule has 0 spiro atoms. The monoisotopic (exact) mass is 440 g/mol. The summed E-state index contributed by atoms with van der Waals surface area (Å²) in [4.78, 5) is 11.4. The number of hydrogen-bond acceptors (Lipinski definition) is 7. The maximum Gasteiger partial charge on any atom is 0.352 e. The summed E-state index contributed by atoms with van der Waals surface area (Å²) in [7, 11) is -7.56. The van der Waals surface area contributed by atoms with Crippen molar-refractivity contribution in [1.82, 2.24) is 10.9 Å². The molecule has 0 atom stereocenters. The summed E-state index contributed by atoms with van der Waals surface area (Å²) in [6, 6.07) is 7.54. The van der Waals surface area contributed by atoms with E-state index in [0.717, 1.165) is 29.3 Å². The topological polar surface area (TPSA) is 133 Å². The first-order valence-electron chi connectivity index (χ1n) is 8.49. The molecule has 158 valence electrons. The van der Waals surface area contributed by atoms with Crippen LogP contribution in [0.15, 0.2) is 40.1 Å². The van der Waals surface area contributed by atoms with Crippen molar-refractivity contribution in [1.29, 1.82) is 0 Å². The second kappa shape index (κ2) is 8.29. The van der Waals surface area contributed by atoms with Gasteiger partial charge in [0.25, 0.3) is 0 Å². The second-order valence-corrected chi connectivity index (χ2v) is 10.8. The number of benzene rings is 2. The van der Waals surface area contributed by atoms with Crippen LogP contribution in [0.3, 0.4) is 0 Å². The normalized spacial score (nSPS) is 11.6. The first kappa shape index (κ1) is 22.5. The minimum Gasteiger partial charge on any atom is -0.297 e. The van der Waals surface area contributed by atoms with Crippen LogP contribution >= 0.6 is 0 Å². The van der Waals surface area contributed by atoms with E-state index >= 15 is 0 Å². The van der Waals surface area contributed by atoms with Gasteiger partial charge in [0, 0.05) is 12.5 Å². The van der Waals surface area contributed by atoms with Gasteiger partial charge in [-0.15, -0.1) is 0 Å². The highest BCUT2D eigenvalue weighted by Gasteiger charge is 2.22. The van der Waals surface area contributed by atoms with Crippen molar-refractivity contribution in [3.05, 3.63) is 47.0 Å². The lowest BCUT2D eigenvalue weighted by Crippen LogP contribution is -2.42. The van der Waals surface area contributed by atoms with Crippen LogP contribution in [-0.4, -0.2) is 35.4 Å². The SMILES string of the molecule is Cc1ccc(C)c(NNC(=O)NNc2cc(S(C)(=O)=O)c(S(C)(=O)=O)cc2C)c1. The molecular weight excluding hydrogens is 416 g/mol. The van der Waals surface area contributed by atoms with Gasteiger partial charge in [-0.1, -0.05) is 12.1 Å². The van der Waals surface area contributed by atoms with Crippen molar-refractivity contribution in [3.63, 3.8) is 0 Å². The van der Waals surface area contributed by atoms with Crippen LogP contribution in [0.1, 0.15) is 16.7 Å². The number of carbonyl (C=O) groups is 1. The molecule has 0 unspecified atom stereocenters. The number of urea groups is 1. The summed E-state index contributed by atoms with van der Waals surface area (Å²) < 4.78 is 47.9. The third-order valence-electron chi connectivity index (χ3n) is 4.10. The molecule has 0 aliphatic rings. The van der Waals surface area contributed by atoms with Gasteiger partial charge in [0.2, 0.25) is 0 Å². The predicted octanol–water partition coefficient (Wildman–Crippen LogP) is 2.07. The third-order valence-corrected chi connectivity index (χ3v) is 6.51. The van der Waals surface area contributed by atoms with E-state index in [1.165, 1.54) is 12.1 Å². The quantitative estimate of drug-likeness (QED) is 0.505. The van der Waals surface area contributed by atoms with Crippen LogP contribution in [0.2, 0.25) is 0 Å². The van der Waals surface area contributed by atoms with E-state index in [0.29, 0.717) is 5.56 Å². The largest absolute Gasteiger partial charge is 0.352 e. The molecule has 0 radical (unpaired) electrons. The summed E-state index contributed by atoms with van der Waals surface area (Å²) >= 11 is 0. The van der Waals surface area contributed by atoms with Crippen LogP contribution < -0.4 is 21.7 Å². The van der Waals surface area contributed by atoms with Gasteiger partial charge in [0.05, 0.1) is 21.2 Å². The number of hydrogen-bond donors (Lipinski definition) is 4. The highest BCUT2D eigenvalue weighted by atomic mass is 32.2. The Hall–Kier alpha value is -2.79. The van der Waals surface area contributed by atoms with Gasteiger partial charge in [-0.3, -0.25) is 21.7 Å². The average Bonchev–Trinajstić information content (AvgIpc) is 2.59. The average molecular weight is 441 g/mol. The Morgan fingerprint density at radius 2 is 1.21 bits per heavy atom. The first-order chi connectivity index (χ1) is 13.3. The van der Waals surface area contributed by atoms with Gasteiger partial charge in [0.1, 0.15) is 0 Å². The van der Waals surface area contributed by atoms with Gasteiger partial charge >= 0.3 is 6.03 Å². The van der Waals surface area contributed by atoms with E-state index in [-0.39, 0.29) is 15.5 Å². The molecule has 2 amide bonds. The Labute approximate surface area is 170 Å². The molecular formula is C18H24N4O5S2. The molecule has 0 saturated heterocycles. The Balaban J connectivity index is 2.16. The highest BCUT2D eigenvalue weighted by molar-refractivity contribution is 7.93. The molecule has 9 nitrogen and oxygen atoms in total. The minimum atomic E-state index is -3.81. The predicted molar refractivity (Wildman–Crippen MR) is 112 cm³/mol. The molecule has 2 aromatic rings. The second-order valence-electron chi connectivity index (χ2n) is 6.81. The fraction of sp³-hybridized carbons (Fsp3) is 0.278. The number of carbonyl (C=O) groups excluding carboxylic acids is 1.